The number of carbonyl (C=O) groups is 4. The molecule has 2 aromatic rings. The molecule has 0 saturated carbocycles. The predicted octanol–water partition coefficient (Wildman–Crippen LogP) is 4.36. The summed E-state index contributed by atoms with van der Waals surface area (Å²) in [5.74, 6) is -2.19. The first-order valence-electron chi connectivity index (χ1n) is 15.2. The Morgan fingerprint density at radius 3 is 1.36 bits per heavy atom. The molecule has 0 saturated heterocycles. The van der Waals surface area contributed by atoms with Gasteiger partial charge in [-0.1, -0.05) is 65.8 Å². The molecule has 0 aromatic heterocycles. The minimum absolute atomic E-state index is 0.0323. The Bertz CT molecular complexity index is 1200. The van der Waals surface area contributed by atoms with Gasteiger partial charge in [-0.15, -0.1) is 0 Å². The van der Waals surface area contributed by atoms with Gasteiger partial charge in [0.2, 0.25) is 0 Å². The second-order valence-corrected chi connectivity index (χ2v) is 12.1. The van der Waals surface area contributed by atoms with Crippen molar-refractivity contribution in [2.24, 2.45) is 0 Å². The van der Waals surface area contributed by atoms with Crippen LogP contribution in [0.1, 0.15) is 89.5 Å². The Morgan fingerprint density at radius 2 is 1.02 bits per heavy atom. The van der Waals surface area contributed by atoms with Gasteiger partial charge in [0.05, 0.1) is 13.1 Å². The lowest BCUT2D eigenvalue weighted by molar-refractivity contribution is -0.145. The fraction of sp³-hybridized carbons (Fsp3) is 0.529. The highest BCUT2D eigenvalue weighted by molar-refractivity contribution is 6.35. The number of phenols is 2. The van der Waals surface area contributed by atoms with Crippen molar-refractivity contribution in [3.8, 4) is 11.5 Å². The van der Waals surface area contributed by atoms with Crippen molar-refractivity contribution in [3.63, 3.8) is 0 Å². The lowest BCUT2D eigenvalue weighted by Gasteiger charge is -2.25. The first kappa shape index (κ1) is 36.1. The average molecular weight is 613 g/mol. The van der Waals surface area contributed by atoms with Gasteiger partial charge in [0.25, 0.3) is 0 Å². The third kappa shape index (κ3) is 11.2. The van der Waals surface area contributed by atoms with E-state index >= 15 is 0 Å². The maximum Gasteiger partial charge on any atom is 0.309 e. The molecule has 0 atom stereocenters. The maximum absolute atomic E-state index is 12.1. The number of benzene rings is 2. The van der Waals surface area contributed by atoms with Gasteiger partial charge in [-0.2, -0.15) is 0 Å². The van der Waals surface area contributed by atoms with E-state index in [2.05, 4.69) is 52.2 Å². The van der Waals surface area contributed by atoms with E-state index in [1.807, 2.05) is 12.1 Å². The topological polar surface area (TPSA) is 151 Å². The largest absolute Gasteiger partial charge is 0.508 e. The normalized spacial score (nSPS) is 11.5. The van der Waals surface area contributed by atoms with E-state index in [0.29, 0.717) is 12.8 Å². The summed E-state index contributed by atoms with van der Waals surface area (Å²) in [5.41, 5.74) is 3.11. The monoisotopic (exact) mass is 612 g/mol. The zero-order chi connectivity index (χ0) is 32.9. The highest BCUT2D eigenvalue weighted by Gasteiger charge is 2.23. The van der Waals surface area contributed by atoms with Crippen LogP contribution < -0.4 is 10.6 Å². The fourth-order valence-electron chi connectivity index (χ4n) is 4.40. The molecule has 2 amide bonds. The first-order chi connectivity index (χ1) is 20.7. The highest BCUT2D eigenvalue weighted by Crippen LogP contribution is 2.35. The van der Waals surface area contributed by atoms with Gasteiger partial charge >= 0.3 is 23.8 Å². The number of esters is 2. The molecule has 2 rings (SSSR count). The zero-order valence-electron chi connectivity index (χ0n) is 26.9. The number of hydrogen-bond acceptors (Lipinski definition) is 8. The molecule has 0 unspecified atom stereocenters. The SMILES string of the molecule is CCC(C)(C)c1cc(CCC(=O)OCCNC(=O)C(=O)NCCOC(=O)CCc2ccc(O)c(C(C)(C)CC)c2)ccc1O. The number of aromatic hydroxyl groups is 2. The number of rotatable bonds is 16. The third-order valence-corrected chi connectivity index (χ3v) is 8.09. The van der Waals surface area contributed by atoms with Crippen LogP contribution in [0.3, 0.4) is 0 Å². The quantitative estimate of drug-likeness (QED) is 0.124. The summed E-state index contributed by atoms with van der Waals surface area (Å²) in [6.07, 6.45) is 2.87. The summed E-state index contributed by atoms with van der Waals surface area (Å²) in [7, 11) is 0. The van der Waals surface area contributed by atoms with E-state index in [9.17, 15) is 29.4 Å². The van der Waals surface area contributed by atoms with E-state index in [1.54, 1.807) is 24.3 Å². The summed E-state index contributed by atoms with van der Waals surface area (Å²) in [6.45, 7) is 12.1. The Kier molecular flexibility index (Phi) is 13.7. The molecule has 242 valence electrons. The van der Waals surface area contributed by atoms with Gasteiger partial charge in [0.1, 0.15) is 24.7 Å². The van der Waals surface area contributed by atoms with Crippen molar-refractivity contribution in [2.45, 2.75) is 90.9 Å². The summed E-state index contributed by atoms with van der Waals surface area (Å²) in [5, 5.41) is 25.2. The Morgan fingerprint density at radius 1 is 0.659 bits per heavy atom. The molecule has 0 spiro atoms. The predicted molar refractivity (Wildman–Crippen MR) is 167 cm³/mol. The van der Waals surface area contributed by atoms with E-state index < -0.39 is 23.8 Å². The number of aryl methyl sites for hydroxylation is 2. The fourth-order valence-corrected chi connectivity index (χ4v) is 4.40. The summed E-state index contributed by atoms with van der Waals surface area (Å²) in [6, 6.07) is 10.7. The number of carbonyl (C=O) groups excluding carboxylic acids is 4. The van der Waals surface area contributed by atoms with Crippen LogP contribution in [-0.2, 0) is 52.3 Å². The lowest BCUT2D eigenvalue weighted by Crippen LogP contribution is -2.42. The molecule has 0 bridgehead atoms. The molecular weight excluding hydrogens is 564 g/mol. The summed E-state index contributed by atoms with van der Waals surface area (Å²) >= 11 is 0. The second-order valence-electron chi connectivity index (χ2n) is 12.1. The molecule has 4 N–H and O–H groups in total. The van der Waals surface area contributed by atoms with Crippen molar-refractivity contribution < 1.29 is 38.9 Å². The molecule has 0 radical (unpaired) electrons. The summed E-state index contributed by atoms with van der Waals surface area (Å²) < 4.78 is 10.3. The molecule has 0 aliphatic heterocycles. The van der Waals surface area contributed by atoms with Crippen LogP contribution in [0, 0.1) is 0 Å². The van der Waals surface area contributed by atoms with Crippen LogP contribution >= 0.6 is 0 Å². The van der Waals surface area contributed by atoms with Crippen molar-refractivity contribution in [3.05, 3.63) is 58.7 Å². The van der Waals surface area contributed by atoms with Crippen molar-refractivity contribution in [1.82, 2.24) is 10.6 Å². The Labute approximate surface area is 260 Å². The van der Waals surface area contributed by atoms with Crippen LogP contribution in [-0.4, -0.2) is 60.3 Å². The molecular formula is C34H48N2O8. The molecule has 2 aromatic carbocycles. The average Bonchev–Trinajstić information content (AvgIpc) is 3.00. The van der Waals surface area contributed by atoms with Gasteiger partial charge in [0, 0.05) is 12.8 Å². The minimum Gasteiger partial charge on any atom is -0.508 e. The van der Waals surface area contributed by atoms with E-state index in [4.69, 9.17) is 9.47 Å². The van der Waals surface area contributed by atoms with Crippen LogP contribution in [0.4, 0.5) is 0 Å². The highest BCUT2D eigenvalue weighted by atomic mass is 16.5. The van der Waals surface area contributed by atoms with Gasteiger partial charge in [0.15, 0.2) is 0 Å². The molecule has 44 heavy (non-hydrogen) atoms. The molecule has 0 heterocycles. The van der Waals surface area contributed by atoms with E-state index in [0.717, 1.165) is 35.1 Å². The standard InChI is InChI=1S/C34H48N2O8/c1-7-33(3,4)25-21-23(9-13-27(25)37)11-15-29(39)43-19-17-35-31(41)32(42)36-18-20-44-30(40)16-12-24-10-14-28(38)26(22-24)34(5,6)8-2/h9-10,13-14,21-22,37-38H,7-8,11-12,15-20H2,1-6H3,(H,35,41)(H,36,42). The van der Waals surface area contributed by atoms with E-state index in [1.165, 1.54) is 0 Å². The van der Waals surface area contributed by atoms with Crippen molar-refractivity contribution in [1.29, 1.82) is 0 Å². The minimum atomic E-state index is -0.888. The van der Waals surface area contributed by atoms with Gasteiger partial charge in [-0.05, 0) is 70.9 Å². The Hall–Kier alpha value is -4.08. The van der Waals surface area contributed by atoms with Gasteiger partial charge in [-0.3, -0.25) is 19.2 Å². The first-order valence-corrected chi connectivity index (χ1v) is 15.2. The van der Waals surface area contributed by atoms with Crippen LogP contribution in [0.2, 0.25) is 0 Å². The van der Waals surface area contributed by atoms with Crippen molar-refractivity contribution in [2.75, 3.05) is 26.3 Å². The van der Waals surface area contributed by atoms with E-state index in [-0.39, 0.29) is 61.5 Å². The van der Waals surface area contributed by atoms with Gasteiger partial charge in [-0.25, -0.2) is 0 Å². The lowest BCUT2D eigenvalue weighted by atomic mass is 9.81. The van der Waals surface area contributed by atoms with Crippen molar-refractivity contribution >= 4 is 23.8 Å². The third-order valence-electron chi connectivity index (χ3n) is 8.09. The van der Waals surface area contributed by atoms with Crippen LogP contribution in [0.5, 0.6) is 11.5 Å². The molecule has 10 nitrogen and oxygen atoms in total. The zero-order valence-corrected chi connectivity index (χ0v) is 26.9. The number of nitrogens with one attached hydrogen (secondary N) is 2. The number of phenolic OH excluding ortho intramolecular Hbond substituents is 2. The molecule has 0 aliphatic rings. The summed E-state index contributed by atoms with van der Waals surface area (Å²) in [4.78, 5) is 48.2. The van der Waals surface area contributed by atoms with Crippen LogP contribution in [0.25, 0.3) is 0 Å². The van der Waals surface area contributed by atoms with Crippen LogP contribution in [0.15, 0.2) is 36.4 Å². The number of hydrogen-bond donors (Lipinski definition) is 4. The number of amides is 2. The Balaban J connectivity index is 1.61. The molecule has 0 fully saturated rings. The number of ether oxygens (including phenoxy) is 2. The van der Waals surface area contributed by atoms with Gasteiger partial charge < -0.3 is 30.3 Å². The second kappa shape index (κ2) is 16.7. The molecule has 10 heteroatoms. The maximum atomic E-state index is 12.1. The molecule has 0 aliphatic carbocycles. The smallest absolute Gasteiger partial charge is 0.309 e.